The molecule has 108 valence electrons. The molecule has 0 amide bonds. The highest BCUT2D eigenvalue weighted by Gasteiger charge is 2.27. The third-order valence-corrected chi connectivity index (χ3v) is 6.12. The fourth-order valence-electron chi connectivity index (χ4n) is 2.21. The molecule has 19 heavy (non-hydrogen) atoms. The standard InChI is InChI=1S/C12H21N3O2S2/c1-10-8-18-9-12(10)7-14-19(16,17)15-4-2-11(6-13)3-5-15/h8-9,11,14H,2-7,13H2,1H3. The van der Waals surface area contributed by atoms with Gasteiger partial charge in [0.15, 0.2) is 0 Å². The van der Waals surface area contributed by atoms with Crippen molar-refractivity contribution in [1.29, 1.82) is 0 Å². The van der Waals surface area contributed by atoms with Crippen LogP contribution in [0.4, 0.5) is 0 Å². The summed E-state index contributed by atoms with van der Waals surface area (Å²) >= 11 is 1.59. The Morgan fingerprint density at radius 2 is 2.11 bits per heavy atom. The Balaban J connectivity index is 1.90. The number of nitrogens with zero attached hydrogens (tertiary/aromatic N) is 1. The molecular weight excluding hydrogens is 282 g/mol. The number of hydrogen-bond donors (Lipinski definition) is 2. The molecular formula is C12H21N3O2S2. The molecule has 0 bridgehead atoms. The third kappa shape index (κ3) is 3.76. The van der Waals surface area contributed by atoms with Gasteiger partial charge in [0.2, 0.25) is 0 Å². The fourth-order valence-corrected chi connectivity index (χ4v) is 4.28. The molecule has 1 aromatic heterocycles. The summed E-state index contributed by atoms with van der Waals surface area (Å²) < 4.78 is 28.6. The Bertz CT molecular complexity index is 505. The van der Waals surface area contributed by atoms with Gasteiger partial charge in [-0.1, -0.05) is 0 Å². The quantitative estimate of drug-likeness (QED) is 0.854. The summed E-state index contributed by atoms with van der Waals surface area (Å²) in [7, 11) is -3.36. The minimum atomic E-state index is -3.36. The van der Waals surface area contributed by atoms with Gasteiger partial charge in [-0.2, -0.15) is 28.8 Å². The lowest BCUT2D eigenvalue weighted by Gasteiger charge is -2.30. The van der Waals surface area contributed by atoms with Crippen molar-refractivity contribution >= 4 is 21.5 Å². The van der Waals surface area contributed by atoms with E-state index in [4.69, 9.17) is 5.73 Å². The van der Waals surface area contributed by atoms with Gasteiger partial charge in [0.25, 0.3) is 10.2 Å². The Morgan fingerprint density at radius 1 is 1.42 bits per heavy atom. The molecule has 1 fully saturated rings. The average Bonchev–Trinajstić information content (AvgIpc) is 2.82. The lowest BCUT2D eigenvalue weighted by molar-refractivity contribution is 0.275. The molecule has 1 aromatic rings. The minimum absolute atomic E-state index is 0.370. The van der Waals surface area contributed by atoms with Crippen LogP contribution in [0.1, 0.15) is 24.0 Å². The molecule has 1 saturated heterocycles. The molecule has 0 saturated carbocycles. The van der Waals surface area contributed by atoms with Crippen molar-refractivity contribution in [3.63, 3.8) is 0 Å². The summed E-state index contributed by atoms with van der Waals surface area (Å²) in [5.41, 5.74) is 7.80. The summed E-state index contributed by atoms with van der Waals surface area (Å²) in [4.78, 5) is 0. The molecule has 0 spiro atoms. The molecule has 7 heteroatoms. The normalized spacial score (nSPS) is 18.8. The van der Waals surface area contributed by atoms with Crippen LogP contribution < -0.4 is 10.5 Å². The second-order valence-corrected chi connectivity index (χ2v) is 7.48. The van der Waals surface area contributed by atoms with Gasteiger partial charge in [-0.15, -0.1) is 0 Å². The Labute approximate surface area is 119 Å². The van der Waals surface area contributed by atoms with Crippen molar-refractivity contribution < 1.29 is 8.42 Å². The van der Waals surface area contributed by atoms with Crippen molar-refractivity contribution in [2.75, 3.05) is 19.6 Å². The highest BCUT2D eigenvalue weighted by molar-refractivity contribution is 7.87. The van der Waals surface area contributed by atoms with Gasteiger partial charge in [0.1, 0.15) is 0 Å². The molecule has 2 rings (SSSR count). The van der Waals surface area contributed by atoms with Gasteiger partial charge < -0.3 is 5.73 Å². The largest absolute Gasteiger partial charge is 0.330 e. The van der Waals surface area contributed by atoms with Crippen LogP contribution in [0.25, 0.3) is 0 Å². The second-order valence-electron chi connectivity index (χ2n) is 4.98. The summed E-state index contributed by atoms with van der Waals surface area (Å²) in [6, 6.07) is 0. The van der Waals surface area contributed by atoms with Crippen molar-refractivity contribution in [3.05, 3.63) is 21.9 Å². The molecule has 3 N–H and O–H groups in total. The van der Waals surface area contributed by atoms with Crippen LogP contribution in [0.3, 0.4) is 0 Å². The van der Waals surface area contributed by atoms with E-state index in [9.17, 15) is 8.42 Å². The molecule has 2 heterocycles. The van der Waals surface area contributed by atoms with E-state index in [1.54, 1.807) is 11.3 Å². The maximum Gasteiger partial charge on any atom is 0.279 e. The van der Waals surface area contributed by atoms with Gasteiger partial charge in [0, 0.05) is 19.6 Å². The minimum Gasteiger partial charge on any atom is -0.330 e. The third-order valence-electron chi connectivity index (χ3n) is 3.65. The summed E-state index contributed by atoms with van der Waals surface area (Å²) in [6.07, 6.45) is 1.71. The van der Waals surface area contributed by atoms with Crippen molar-refractivity contribution in [1.82, 2.24) is 9.03 Å². The smallest absolute Gasteiger partial charge is 0.279 e. The maximum atomic E-state index is 12.2. The molecule has 0 radical (unpaired) electrons. The summed E-state index contributed by atoms with van der Waals surface area (Å²) in [6.45, 7) is 4.15. The maximum absolute atomic E-state index is 12.2. The second kappa shape index (κ2) is 6.32. The number of aryl methyl sites for hydroxylation is 1. The van der Waals surface area contributed by atoms with Gasteiger partial charge >= 0.3 is 0 Å². The first kappa shape index (κ1) is 14.9. The van der Waals surface area contributed by atoms with Crippen LogP contribution in [-0.4, -0.2) is 32.4 Å². The van der Waals surface area contributed by atoms with Crippen molar-refractivity contribution in [3.8, 4) is 0 Å². The van der Waals surface area contributed by atoms with E-state index in [0.717, 1.165) is 24.0 Å². The summed E-state index contributed by atoms with van der Waals surface area (Å²) in [5.74, 6) is 0.463. The monoisotopic (exact) mass is 303 g/mol. The lowest BCUT2D eigenvalue weighted by Crippen LogP contribution is -2.45. The van der Waals surface area contributed by atoms with Crippen LogP contribution in [-0.2, 0) is 16.8 Å². The first-order valence-electron chi connectivity index (χ1n) is 6.49. The zero-order valence-electron chi connectivity index (χ0n) is 11.1. The van der Waals surface area contributed by atoms with E-state index in [1.165, 1.54) is 4.31 Å². The first-order chi connectivity index (χ1) is 9.03. The Hall–Kier alpha value is -0.470. The first-order valence-corrected chi connectivity index (χ1v) is 8.87. The number of piperidine rings is 1. The number of thiophene rings is 1. The van der Waals surface area contributed by atoms with E-state index in [2.05, 4.69) is 4.72 Å². The van der Waals surface area contributed by atoms with E-state index in [0.29, 0.717) is 32.1 Å². The number of nitrogens with one attached hydrogen (secondary N) is 1. The van der Waals surface area contributed by atoms with Crippen molar-refractivity contribution in [2.24, 2.45) is 11.7 Å². The average molecular weight is 303 g/mol. The van der Waals surface area contributed by atoms with Gasteiger partial charge in [0.05, 0.1) is 0 Å². The van der Waals surface area contributed by atoms with Gasteiger partial charge in [-0.05, 0) is 54.1 Å². The molecule has 0 aliphatic carbocycles. The van der Waals surface area contributed by atoms with E-state index in [1.807, 2.05) is 17.7 Å². The van der Waals surface area contributed by atoms with Gasteiger partial charge in [-0.25, -0.2) is 0 Å². The molecule has 5 nitrogen and oxygen atoms in total. The van der Waals surface area contributed by atoms with Crippen LogP contribution in [0, 0.1) is 12.8 Å². The van der Waals surface area contributed by atoms with Crippen LogP contribution in [0.2, 0.25) is 0 Å². The number of rotatable bonds is 5. The number of hydrogen-bond acceptors (Lipinski definition) is 4. The van der Waals surface area contributed by atoms with Gasteiger partial charge in [-0.3, -0.25) is 0 Å². The SMILES string of the molecule is Cc1cscc1CNS(=O)(=O)N1CCC(CN)CC1. The van der Waals surface area contributed by atoms with E-state index in [-0.39, 0.29) is 0 Å². The predicted octanol–water partition coefficient (Wildman–Crippen LogP) is 1.06. The number of nitrogens with two attached hydrogens (primary N) is 1. The molecule has 1 aliphatic rings. The van der Waals surface area contributed by atoms with Crippen LogP contribution >= 0.6 is 11.3 Å². The Kier molecular flexibility index (Phi) is 4.97. The topological polar surface area (TPSA) is 75.4 Å². The lowest BCUT2D eigenvalue weighted by atomic mass is 9.99. The van der Waals surface area contributed by atoms with E-state index < -0.39 is 10.2 Å². The predicted molar refractivity (Wildman–Crippen MR) is 78.2 cm³/mol. The van der Waals surface area contributed by atoms with E-state index >= 15 is 0 Å². The van der Waals surface area contributed by atoms with Crippen LogP contribution in [0.5, 0.6) is 0 Å². The van der Waals surface area contributed by atoms with Crippen molar-refractivity contribution in [2.45, 2.75) is 26.3 Å². The summed E-state index contributed by atoms with van der Waals surface area (Å²) in [5, 5.41) is 4.01. The Morgan fingerprint density at radius 3 is 2.63 bits per heavy atom. The van der Waals surface area contributed by atoms with Crippen LogP contribution in [0.15, 0.2) is 10.8 Å². The molecule has 0 unspecified atom stereocenters. The molecule has 0 aromatic carbocycles. The zero-order valence-corrected chi connectivity index (χ0v) is 12.8. The highest BCUT2D eigenvalue weighted by Crippen LogP contribution is 2.19. The molecule has 0 atom stereocenters. The zero-order chi connectivity index (χ0) is 13.9. The molecule has 1 aliphatic heterocycles. The fraction of sp³-hybridized carbons (Fsp3) is 0.667. The highest BCUT2D eigenvalue weighted by atomic mass is 32.2.